The number of rotatable bonds is 8. The Morgan fingerprint density at radius 3 is 2.67 bits per heavy atom. The molecule has 1 fully saturated rings. The summed E-state index contributed by atoms with van der Waals surface area (Å²) in [4.78, 5) is 2.77. The summed E-state index contributed by atoms with van der Waals surface area (Å²) in [6.07, 6.45) is 3.82. The molecule has 21 heavy (non-hydrogen) atoms. The SMILES string of the molecule is CCN(CCNCc1c(Cl)cccc1S(C)(=O)=O)C1CC1. The zero-order valence-corrected chi connectivity index (χ0v) is 14.2. The maximum absolute atomic E-state index is 11.8. The molecule has 1 saturated carbocycles. The second-order valence-electron chi connectivity index (χ2n) is 5.53. The third-order valence-electron chi connectivity index (χ3n) is 3.82. The second kappa shape index (κ2) is 7.09. The summed E-state index contributed by atoms with van der Waals surface area (Å²) in [6.45, 7) is 5.53. The van der Waals surface area contributed by atoms with Gasteiger partial charge in [-0.25, -0.2) is 8.42 Å². The fourth-order valence-corrected chi connectivity index (χ4v) is 3.79. The van der Waals surface area contributed by atoms with E-state index in [-0.39, 0.29) is 0 Å². The first-order valence-electron chi connectivity index (χ1n) is 7.35. The second-order valence-corrected chi connectivity index (χ2v) is 7.92. The van der Waals surface area contributed by atoms with Crippen LogP contribution in [0.2, 0.25) is 5.02 Å². The highest BCUT2D eigenvalue weighted by Gasteiger charge is 2.27. The molecule has 1 aromatic carbocycles. The normalized spacial score (nSPS) is 15.6. The Morgan fingerprint density at radius 2 is 2.10 bits per heavy atom. The third-order valence-corrected chi connectivity index (χ3v) is 5.36. The van der Waals surface area contributed by atoms with Gasteiger partial charge in [-0.15, -0.1) is 0 Å². The first kappa shape index (κ1) is 16.7. The Kier molecular flexibility index (Phi) is 5.66. The third kappa shape index (κ3) is 4.68. The summed E-state index contributed by atoms with van der Waals surface area (Å²) in [5.41, 5.74) is 0.663. The monoisotopic (exact) mass is 330 g/mol. The van der Waals surface area contributed by atoms with Gasteiger partial charge < -0.3 is 5.32 Å². The van der Waals surface area contributed by atoms with E-state index in [1.54, 1.807) is 18.2 Å². The molecule has 1 N–H and O–H groups in total. The lowest BCUT2D eigenvalue weighted by Gasteiger charge is -2.20. The highest BCUT2D eigenvalue weighted by atomic mass is 35.5. The summed E-state index contributed by atoms with van der Waals surface area (Å²) in [7, 11) is -3.25. The van der Waals surface area contributed by atoms with Crippen LogP contribution in [0.25, 0.3) is 0 Å². The molecule has 2 rings (SSSR count). The first-order valence-corrected chi connectivity index (χ1v) is 9.62. The zero-order chi connectivity index (χ0) is 15.5. The number of benzene rings is 1. The van der Waals surface area contributed by atoms with E-state index < -0.39 is 9.84 Å². The minimum atomic E-state index is -3.25. The molecule has 1 aromatic rings. The van der Waals surface area contributed by atoms with E-state index in [0.717, 1.165) is 25.7 Å². The number of hydrogen-bond acceptors (Lipinski definition) is 4. The quantitative estimate of drug-likeness (QED) is 0.743. The average molecular weight is 331 g/mol. The standard InChI is InChI=1S/C15H23ClN2O2S/c1-3-18(12-7-8-12)10-9-17-11-13-14(16)5-4-6-15(13)21(2,19)20/h4-6,12,17H,3,7-11H2,1-2H3. The lowest BCUT2D eigenvalue weighted by Crippen LogP contribution is -2.33. The maximum atomic E-state index is 11.8. The Morgan fingerprint density at radius 1 is 1.38 bits per heavy atom. The van der Waals surface area contributed by atoms with Crippen molar-refractivity contribution in [3.63, 3.8) is 0 Å². The van der Waals surface area contributed by atoms with E-state index >= 15 is 0 Å². The van der Waals surface area contributed by atoms with Crippen molar-refractivity contribution in [1.82, 2.24) is 10.2 Å². The number of nitrogens with one attached hydrogen (secondary N) is 1. The van der Waals surface area contributed by atoms with Crippen LogP contribution in [-0.2, 0) is 16.4 Å². The Labute approximate surface area is 132 Å². The largest absolute Gasteiger partial charge is 0.311 e. The summed E-state index contributed by atoms with van der Waals surface area (Å²) in [5, 5.41) is 3.81. The van der Waals surface area contributed by atoms with Crippen LogP contribution in [0, 0.1) is 0 Å². The summed E-state index contributed by atoms with van der Waals surface area (Å²) in [5.74, 6) is 0. The molecule has 1 aliphatic rings. The Balaban J connectivity index is 1.93. The lowest BCUT2D eigenvalue weighted by atomic mass is 10.2. The molecule has 0 aromatic heterocycles. The van der Waals surface area contributed by atoms with Crippen molar-refractivity contribution in [3.05, 3.63) is 28.8 Å². The van der Waals surface area contributed by atoms with Crippen LogP contribution >= 0.6 is 11.6 Å². The van der Waals surface area contributed by atoms with E-state index in [2.05, 4.69) is 17.1 Å². The van der Waals surface area contributed by atoms with E-state index in [1.807, 2.05) is 0 Å². The van der Waals surface area contributed by atoms with E-state index in [4.69, 9.17) is 11.6 Å². The summed E-state index contributed by atoms with van der Waals surface area (Å²) >= 11 is 6.15. The average Bonchev–Trinajstić information content (AvgIpc) is 3.23. The van der Waals surface area contributed by atoms with Gasteiger partial charge in [-0.3, -0.25) is 4.90 Å². The van der Waals surface area contributed by atoms with Crippen molar-refractivity contribution in [2.75, 3.05) is 25.9 Å². The smallest absolute Gasteiger partial charge is 0.175 e. The molecule has 0 aliphatic heterocycles. The molecule has 4 nitrogen and oxygen atoms in total. The van der Waals surface area contributed by atoms with Crippen molar-refractivity contribution < 1.29 is 8.42 Å². The van der Waals surface area contributed by atoms with E-state index in [9.17, 15) is 8.42 Å². The predicted molar refractivity (Wildman–Crippen MR) is 86.5 cm³/mol. The van der Waals surface area contributed by atoms with Crippen molar-refractivity contribution in [3.8, 4) is 0 Å². The highest BCUT2D eigenvalue weighted by molar-refractivity contribution is 7.90. The first-order chi connectivity index (χ1) is 9.93. The van der Waals surface area contributed by atoms with Gasteiger partial charge in [-0.1, -0.05) is 24.6 Å². The maximum Gasteiger partial charge on any atom is 0.175 e. The minimum absolute atomic E-state index is 0.317. The summed E-state index contributed by atoms with van der Waals surface area (Å²) < 4.78 is 23.6. The van der Waals surface area contributed by atoms with Crippen molar-refractivity contribution >= 4 is 21.4 Å². The van der Waals surface area contributed by atoms with E-state index in [1.165, 1.54) is 19.1 Å². The number of halogens is 1. The number of sulfone groups is 1. The van der Waals surface area contributed by atoms with Crippen LogP contribution in [0.3, 0.4) is 0 Å². The molecule has 0 radical (unpaired) electrons. The molecule has 0 amide bonds. The van der Waals surface area contributed by atoms with Gasteiger partial charge in [-0.05, 0) is 31.5 Å². The minimum Gasteiger partial charge on any atom is -0.311 e. The van der Waals surface area contributed by atoms with Crippen molar-refractivity contribution in [1.29, 1.82) is 0 Å². The van der Waals surface area contributed by atoms with E-state index in [0.29, 0.717) is 22.0 Å². The van der Waals surface area contributed by atoms with Gasteiger partial charge in [0, 0.05) is 42.5 Å². The van der Waals surface area contributed by atoms with Crippen LogP contribution in [-0.4, -0.2) is 45.2 Å². The number of nitrogens with zero attached hydrogens (tertiary/aromatic N) is 1. The highest BCUT2D eigenvalue weighted by Crippen LogP contribution is 2.26. The molecule has 0 spiro atoms. The van der Waals surface area contributed by atoms with Gasteiger partial charge in [0.05, 0.1) is 4.90 Å². The van der Waals surface area contributed by atoms with Crippen LogP contribution in [0.15, 0.2) is 23.1 Å². The molecule has 6 heteroatoms. The molecule has 1 aliphatic carbocycles. The molecular formula is C15H23ClN2O2S. The fraction of sp³-hybridized carbons (Fsp3) is 0.600. The Hall–Kier alpha value is -0.620. The van der Waals surface area contributed by atoms with Crippen LogP contribution < -0.4 is 5.32 Å². The predicted octanol–water partition coefficient (Wildman–Crippen LogP) is 2.32. The lowest BCUT2D eigenvalue weighted by molar-refractivity contribution is 0.277. The van der Waals surface area contributed by atoms with Crippen molar-refractivity contribution in [2.45, 2.75) is 37.2 Å². The molecule has 0 bridgehead atoms. The molecule has 118 valence electrons. The van der Waals surface area contributed by atoms with Gasteiger partial charge in [0.1, 0.15) is 0 Å². The topological polar surface area (TPSA) is 49.4 Å². The zero-order valence-electron chi connectivity index (χ0n) is 12.6. The molecule has 0 unspecified atom stereocenters. The molecule has 0 saturated heterocycles. The molecule has 0 heterocycles. The van der Waals surface area contributed by atoms with Crippen LogP contribution in [0.5, 0.6) is 0 Å². The Bertz CT molecular complexity index is 585. The number of hydrogen-bond donors (Lipinski definition) is 1. The molecular weight excluding hydrogens is 308 g/mol. The van der Waals surface area contributed by atoms with Gasteiger partial charge in [0.15, 0.2) is 9.84 Å². The van der Waals surface area contributed by atoms with Gasteiger partial charge in [-0.2, -0.15) is 0 Å². The van der Waals surface area contributed by atoms with Gasteiger partial charge in [0.2, 0.25) is 0 Å². The number of likely N-dealkylation sites (N-methyl/N-ethyl adjacent to an activating group) is 1. The van der Waals surface area contributed by atoms with Crippen LogP contribution in [0.4, 0.5) is 0 Å². The summed E-state index contributed by atoms with van der Waals surface area (Å²) in [6, 6.07) is 5.77. The van der Waals surface area contributed by atoms with Crippen LogP contribution in [0.1, 0.15) is 25.3 Å². The fourth-order valence-electron chi connectivity index (χ4n) is 2.53. The molecule has 0 atom stereocenters. The van der Waals surface area contributed by atoms with Crippen molar-refractivity contribution in [2.24, 2.45) is 0 Å². The van der Waals surface area contributed by atoms with Gasteiger partial charge in [0.25, 0.3) is 0 Å². The van der Waals surface area contributed by atoms with Gasteiger partial charge >= 0.3 is 0 Å².